The minimum absolute atomic E-state index is 0. The van der Waals surface area contributed by atoms with Gasteiger partial charge in [-0.05, 0) is 68.6 Å². The highest BCUT2D eigenvalue weighted by atomic mass is 35.5. The largest absolute Gasteiger partial charge is 1.00 e. The molecule has 39 heavy (non-hydrogen) atoms. The van der Waals surface area contributed by atoms with E-state index in [0.29, 0.717) is 24.2 Å². The molecule has 4 aliphatic heterocycles. The number of hydrogen-bond acceptors (Lipinski definition) is 8. The summed E-state index contributed by atoms with van der Waals surface area (Å²) in [6.45, 7) is 7.50. The fourth-order valence-electron chi connectivity index (χ4n) is 6.57. The normalized spacial score (nSPS) is 26.4. The number of carbonyl (C=O) groups is 1. The van der Waals surface area contributed by atoms with E-state index in [1.54, 1.807) is 18.4 Å². The summed E-state index contributed by atoms with van der Waals surface area (Å²) in [5.41, 5.74) is 0.168. The summed E-state index contributed by atoms with van der Waals surface area (Å²) >= 11 is 1.65. The molecule has 3 aromatic rings. The summed E-state index contributed by atoms with van der Waals surface area (Å²) in [7, 11) is 1.65. The van der Waals surface area contributed by atoms with Gasteiger partial charge in [0.25, 0.3) is 5.89 Å². The van der Waals surface area contributed by atoms with Gasteiger partial charge < -0.3 is 30.9 Å². The number of benzene rings is 1. The number of carbonyl (C=O) groups excluding carboxylic acids is 1. The third-order valence-electron chi connectivity index (χ3n) is 8.97. The van der Waals surface area contributed by atoms with Gasteiger partial charge in [0.15, 0.2) is 18.2 Å². The molecule has 1 aromatic carbocycles. The van der Waals surface area contributed by atoms with Gasteiger partial charge in [-0.15, -0.1) is 11.3 Å². The van der Waals surface area contributed by atoms with Crippen molar-refractivity contribution >= 4 is 17.3 Å². The van der Waals surface area contributed by atoms with E-state index in [4.69, 9.17) is 19.0 Å². The molecule has 7 rings (SSSR count). The first kappa shape index (κ1) is 28.1. The topological polar surface area (TPSA) is 77.7 Å². The molecule has 0 radical (unpaired) electrons. The van der Waals surface area contributed by atoms with Gasteiger partial charge in [0.05, 0.1) is 20.2 Å². The SMILES string of the molecule is COc1ccc(-c2noc(C[N+]34CCC(CC3)[C@@H](OC(=O)C(C)(c3cccs3)N3CCCCC3)C4)n2)cc1.[Cl-]. The fraction of sp³-hybridized carbons (Fsp3) is 0.552. The van der Waals surface area contributed by atoms with Crippen LogP contribution in [0.4, 0.5) is 0 Å². The number of fused-ring (bicyclic) bond motifs is 3. The van der Waals surface area contributed by atoms with Crippen LogP contribution < -0.4 is 17.1 Å². The van der Waals surface area contributed by atoms with Gasteiger partial charge in [0.1, 0.15) is 12.3 Å². The molecule has 8 nitrogen and oxygen atoms in total. The van der Waals surface area contributed by atoms with Crippen molar-refractivity contribution in [3.63, 3.8) is 0 Å². The lowest BCUT2D eigenvalue weighted by Gasteiger charge is -2.52. The van der Waals surface area contributed by atoms with Crippen LogP contribution in [0.5, 0.6) is 5.75 Å². The van der Waals surface area contributed by atoms with Crippen LogP contribution in [0.1, 0.15) is 49.8 Å². The average Bonchev–Trinajstić information content (AvgIpc) is 3.67. The number of quaternary nitrogens is 1. The molecule has 0 saturated carbocycles. The molecule has 2 bridgehead atoms. The summed E-state index contributed by atoms with van der Waals surface area (Å²) < 4.78 is 18.2. The number of aromatic nitrogens is 2. The van der Waals surface area contributed by atoms with Gasteiger partial charge in [-0.2, -0.15) is 4.98 Å². The molecule has 4 saturated heterocycles. The molecule has 4 aliphatic rings. The van der Waals surface area contributed by atoms with Gasteiger partial charge >= 0.3 is 5.97 Å². The van der Waals surface area contributed by atoms with Crippen LogP contribution in [0.2, 0.25) is 0 Å². The van der Waals surface area contributed by atoms with Crippen LogP contribution in [-0.4, -0.2) is 71.4 Å². The Kier molecular flexibility index (Phi) is 8.33. The fourth-order valence-corrected chi connectivity index (χ4v) is 7.48. The van der Waals surface area contributed by atoms with Crippen molar-refractivity contribution in [3.05, 3.63) is 52.5 Å². The molecule has 6 heterocycles. The lowest BCUT2D eigenvalue weighted by atomic mass is 9.83. The maximum atomic E-state index is 14.0. The van der Waals surface area contributed by atoms with Crippen molar-refractivity contribution in [1.82, 2.24) is 15.0 Å². The predicted octanol–water partition coefficient (Wildman–Crippen LogP) is 1.86. The van der Waals surface area contributed by atoms with E-state index in [0.717, 1.165) is 79.1 Å². The third-order valence-corrected chi connectivity index (χ3v) is 10.1. The van der Waals surface area contributed by atoms with Crippen molar-refractivity contribution in [2.45, 2.75) is 57.2 Å². The number of ether oxygens (including phenoxy) is 2. The lowest BCUT2D eigenvalue weighted by Crippen LogP contribution is -3.00. The third kappa shape index (κ3) is 5.46. The maximum Gasteiger partial charge on any atom is 0.332 e. The van der Waals surface area contributed by atoms with E-state index in [9.17, 15) is 4.79 Å². The van der Waals surface area contributed by atoms with Crippen LogP contribution in [0.3, 0.4) is 0 Å². The van der Waals surface area contributed by atoms with E-state index >= 15 is 0 Å². The van der Waals surface area contributed by atoms with E-state index < -0.39 is 5.54 Å². The van der Waals surface area contributed by atoms with Crippen LogP contribution >= 0.6 is 11.3 Å². The smallest absolute Gasteiger partial charge is 0.332 e. The molecule has 0 aliphatic carbocycles. The second-order valence-corrected chi connectivity index (χ2v) is 12.2. The summed E-state index contributed by atoms with van der Waals surface area (Å²) in [4.78, 5) is 22.1. The van der Waals surface area contributed by atoms with Crippen molar-refractivity contribution in [2.75, 3.05) is 39.8 Å². The first-order valence-electron chi connectivity index (χ1n) is 13.8. The Morgan fingerprint density at radius 1 is 1.15 bits per heavy atom. The van der Waals surface area contributed by atoms with Crippen LogP contribution in [0.15, 0.2) is 46.3 Å². The first-order chi connectivity index (χ1) is 18.5. The van der Waals surface area contributed by atoms with Crippen molar-refractivity contribution < 1.29 is 35.7 Å². The summed E-state index contributed by atoms with van der Waals surface area (Å²) in [6, 6.07) is 11.8. The monoisotopic (exact) mass is 572 g/mol. The first-order valence-corrected chi connectivity index (χ1v) is 14.7. The zero-order valence-corrected chi connectivity index (χ0v) is 24.3. The van der Waals surface area contributed by atoms with Gasteiger partial charge in [-0.1, -0.05) is 17.6 Å². The minimum Gasteiger partial charge on any atom is -1.00 e. The number of rotatable bonds is 8. The van der Waals surface area contributed by atoms with Crippen molar-refractivity contribution in [2.24, 2.45) is 5.92 Å². The highest BCUT2D eigenvalue weighted by Gasteiger charge is 2.51. The number of thiophene rings is 1. The van der Waals surface area contributed by atoms with Crippen molar-refractivity contribution in [1.29, 1.82) is 0 Å². The number of esters is 1. The van der Waals surface area contributed by atoms with Gasteiger partial charge in [-0.3, -0.25) is 4.90 Å². The summed E-state index contributed by atoms with van der Waals surface area (Å²) in [5.74, 6) is 2.34. The summed E-state index contributed by atoms with van der Waals surface area (Å²) in [5, 5.41) is 6.30. The van der Waals surface area contributed by atoms with Crippen molar-refractivity contribution in [3.8, 4) is 17.1 Å². The quantitative estimate of drug-likeness (QED) is 0.301. The Morgan fingerprint density at radius 3 is 2.56 bits per heavy atom. The minimum atomic E-state index is -0.731. The number of likely N-dealkylation sites (tertiary alicyclic amines) is 1. The molecule has 4 fully saturated rings. The highest BCUT2D eigenvalue weighted by molar-refractivity contribution is 7.10. The van der Waals surface area contributed by atoms with E-state index in [2.05, 4.69) is 28.4 Å². The molecule has 0 amide bonds. The molecule has 0 N–H and O–H groups in total. The highest BCUT2D eigenvalue weighted by Crippen LogP contribution is 2.40. The Labute approximate surface area is 240 Å². The zero-order valence-electron chi connectivity index (χ0n) is 22.7. The zero-order chi connectivity index (χ0) is 26.2. The second-order valence-electron chi connectivity index (χ2n) is 11.2. The standard InChI is InChI=1S/C29H37N4O4S.ClH/c1-29(25-7-6-18-38-25,32-14-4-3-5-15-32)28(34)36-24-19-33(16-12-21(24)13-17-33)20-26-30-27(31-37-26)22-8-10-23(35-2)11-9-22;/h6-11,18,21,24H,3-5,12-17,19-20H2,1-2H3;1H/q+1;/p-1/t21?,24-,29?,33?;/m0./s1. The number of nitrogens with zero attached hydrogens (tertiary/aromatic N) is 4. The Balaban J connectivity index is 0.00000308. The predicted molar refractivity (Wildman–Crippen MR) is 145 cm³/mol. The average molecular weight is 573 g/mol. The molecule has 10 heteroatoms. The molecular formula is C29H37ClN4O4S. The number of methoxy groups -OCH3 is 1. The van der Waals surface area contributed by atoms with Gasteiger partial charge in [-0.25, -0.2) is 4.79 Å². The Hall–Kier alpha value is -2.46. The Morgan fingerprint density at radius 2 is 1.90 bits per heavy atom. The van der Waals surface area contributed by atoms with E-state index in [-0.39, 0.29) is 24.5 Å². The van der Waals surface area contributed by atoms with Gasteiger partial charge in [0.2, 0.25) is 5.82 Å². The lowest BCUT2D eigenvalue weighted by molar-refractivity contribution is -0.959. The van der Waals surface area contributed by atoms with E-state index in [1.807, 2.05) is 30.3 Å². The molecule has 1 unspecified atom stereocenters. The second kappa shape index (κ2) is 11.6. The molecular weight excluding hydrogens is 536 g/mol. The maximum absolute atomic E-state index is 14.0. The number of hydrogen-bond donors (Lipinski definition) is 0. The molecule has 0 spiro atoms. The number of piperidine rings is 4. The number of halogens is 1. The van der Waals surface area contributed by atoms with Crippen LogP contribution in [-0.2, 0) is 21.6 Å². The molecule has 2 aromatic heterocycles. The molecule has 210 valence electrons. The van der Waals surface area contributed by atoms with Gasteiger partial charge in [0, 0.05) is 29.2 Å². The van der Waals surface area contributed by atoms with E-state index in [1.165, 1.54) is 6.42 Å². The summed E-state index contributed by atoms with van der Waals surface area (Å²) in [6.07, 6.45) is 5.50. The van der Waals surface area contributed by atoms with Crippen LogP contribution in [0.25, 0.3) is 11.4 Å². The van der Waals surface area contributed by atoms with Crippen LogP contribution in [0, 0.1) is 5.92 Å². The Bertz CT molecular complexity index is 1240. The molecule has 2 atom stereocenters.